The lowest BCUT2D eigenvalue weighted by Gasteiger charge is -2.06. The number of nitro groups is 1. The summed E-state index contributed by atoms with van der Waals surface area (Å²) in [5, 5.41) is 12.5. The van der Waals surface area contributed by atoms with Crippen molar-refractivity contribution in [1.29, 1.82) is 0 Å². The van der Waals surface area contributed by atoms with Crippen molar-refractivity contribution in [2.75, 3.05) is 12.9 Å². The van der Waals surface area contributed by atoms with Gasteiger partial charge in [-0.3, -0.25) is 20.2 Å². The topological polar surface area (TPSA) is 176 Å². The molecule has 0 bridgehead atoms. The maximum Gasteiger partial charge on any atom is 0.338 e. The zero-order valence-corrected chi connectivity index (χ0v) is 12.5. The molecule has 0 radical (unpaired) electrons. The number of primary amides is 1. The van der Waals surface area contributed by atoms with E-state index in [-0.39, 0.29) is 5.56 Å². The molecule has 1 aromatic carbocycles. The number of sulfone groups is 1. The van der Waals surface area contributed by atoms with Crippen LogP contribution in [-0.2, 0) is 19.4 Å². The molecule has 0 heterocycles. The molecule has 0 aliphatic rings. The molecule has 0 aliphatic heterocycles. The highest BCUT2D eigenvalue weighted by atomic mass is 32.2. The number of rotatable bonds is 5. The zero-order chi connectivity index (χ0) is 17.8. The van der Waals surface area contributed by atoms with Crippen molar-refractivity contribution in [1.82, 2.24) is 5.32 Å². The normalized spacial score (nSPS) is 10.7. The summed E-state index contributed by atoms with van der Waals surface area (Å²) in [6.45, 7) is -0.844. The van der Waals surface area contributed by atoms with Crippen molar-refractivity contribution in [3.8, 4) is 0 Å². The number of nitrogens with one attached hydrogen (secondary N) is 1. The Labute approximate surface area is 129 Å². The largest absolute Gasteiger partial charge is 0.452 e. The fourth-order valence-electron chi connectivity index (χ4n) is 1.49. The van der Waals surface area contributed by atoms with Crippen molar-refractivity contribution in [3.05, 3.63) is 33.9 Å². The minimum Gasteiger partial charge on any atom is -0.452 e. The van der Waals surface area contributed by atoms with Crippen LogP contribution in [0.4, 0.5) is 10.5 Å². The summed E-state index contributed by atoms with van der Waals surface area (Å²) >= 11 is 0. The van der Waals surface area contributed by atoms with E-state index in [4.69, 9.17) is 0 Å². The van der Waals surface area contributed by atoms with Crippen molar-refractivity contribution >= 4 is 33.4 Å². The van der Waals surface area contributed by atoms with Crippen LogP contribution in [0, 0.1) is 10.1 Å². The minimum atomic E-state index is -3.87. The number of benzene rings is 1. The van der Waals surface area contributed by atoms with Crippen LogP contribution in [0.3, 0.4) is 0 Å². The number of imide groups is 1. The van der Waals surface area contributed by atoms with Gasteiger partial charge in [-0.2, -0.15) is 0 Å². The standard InChI is InChI=1S/C11H11N3O8S/c1-23(20,21)8-3-2-6(4-7(8)14(18)19)10(16)22-5-9(15)13-11(12)17/h2-4H,5H2,1H3,(H3,12,13,15,17). The highest BCUT2D eigenvalue weighted by molar-refractivity contribution is 7.90. The van der Waals surface area contributed by atoms with Gasteiger partial charge in [0.2, 0.25) is 0 Å². The van der Waals surface area contributed by atoms with Crippen LogP contribution in [0.5, 0.6) is 0 Å². The number of hydrogen-bond acceptors (Lipinski definition) is 8. The van der Waals surface area contributed by atoms with Crippen molar-refractivity contribution < 1.29 is 32.5 Å². The van der Waals surface area contributed by atoms with Crippen molar-refractivity contribution in [3.63, 3.8) is 0 Å². The van der Waals surface area contributed by atoms with E-state index in [0.29, 0.717) is 6.07 Å². The highest BCUT2D eigenvalue weighted by Crippen LogP contribution is 2.25. The van der Waals surface area contributed by atoms with E-state index < -0.39 is 49.9 Å². The molecule has 0 atom stereocenters. The monoisotopic (exact) mass is 345 g/mol. The Bertz CT molecular complexity index is 786. The number of hydrogen-bond donors (Lipinski definition) is 2. The lowest BCUT2D eigenvalue weighted by atomic mass is 10.2. The first-order valence-electron chi connectivity index (χ1n) is 5.77. The summed E-state index contributed by atoms with van der Waals surface area (Å²) in [7, 11) is -3.87. The third-order valence-corrected chi connectivity index (χ3v) is 3.53. The molecular weight excluding hydrogens is 334 g/mol. The second-order valence-electron chi connectivity index (χ2n) is 4.20. The molecule has 0 fully saturated rings. The Morgan fingerprint density at radius 3 is 2.43 bits per heavy atom. The number of nitrogens with zero attached hydrogens (tertiary/aromatic N) is 1. The van der Waals surface area contributed by atoms with E-state index in [2.05, 4.69) is 10.5 Å². The smallest absolute Gasteiger partial charge is 0.338 e. The summed E-state index contributed by atoms with van der Waals surface area (Å²) in [6, 6.07) is 1.45. The van der Waals surface area contributed by atoms with Gasteiger partial charge in [0.05, 0.1) is 10.5 Å². The van der Waals surface area contributed by atoms with Crippen LogP contribution in [0.2, 0.25) is 0 Å². The molecule has 0 saturated carbocycles. The van der Waals surface area contributed by atoms with Crippen LogP contribution in [0.1, 0.15) is 10.4 Å². The number of nitrogens with two attached hydrogens (primary N) is 1. The molecule has 11 nitrogen and oxygen atoms in total. The first-order valence-corrected chi connectivity index (χ1v) is 7.66. The van der Waals surface area contributed by atoms with Gasteiger partial charge in [0.1, 0.15) is 4.90 Å². The van der Waals surface area contributed by atoms with Crippen LogP contribution in [-0.4, -0.2) is 44.1 Å². The van der Waals surface area contributed by atoms with E-state index in [9.17, 15) is 32.9 Å². The summed E-state index contributed by atoms with van der Waals surface area (Å²) in [5.74, 6) is -2.11. The number of carbonyl (C=O) groups excluding carboxylic acids is 3. The summed E-state index contributed by atoms with van der Waals surface area (Å²) in [4.78, 5) is 42.5. The maximum absolute atomic E-state index is 11.7. The van der Waals surface area contributed by atoms with E-state index in [1.807, 2.05) is 0 Å². The molecule has 1 aromatic rings. The molecule has 3 amide bonds. The molecule has 0 saturated heterocycles. The number of urea groups is 1. The highest BCUT2D eigenvalue weighted by Gasteiger charge is 2.24. The second-order valence-corrected chi connectivity index (χ2v) is 6.18. The molecule has 3 N–H and O–H groups in total. The maximum atomic E-state index is 11.7. The molecular formula is C11H11N3O8S. The van der Waals surface area contributed by atoms with Gasteiger partial charge in [-0.1, -0.05) is 0 Å². The van der Waals surface area contributed by atoms with Crippen LogP contribution in [0.25, 0.3) is 0 Å². The van der Waals surface area contributed by atoms with Gasteiger partial charge in [0, 0.05) is 12.3 Å². The first-order chi connectivity index (χ1) is 10.5. The van der Waals surface area contributed by atoms with Gasteiger partial charge in [-0.15, -0.1) is 0 Å². The predicted octanol–water partition coefficient (Wildman–Crippen LogP) is -0.650. The van der Waals surface area contributed by atoms with Gasteiger partial charge in [0.25, 0.3) is 11.6 Å². The van der Waals surface area contributed by atoms with Gasteiger partial charge in [-0.05, 0) is 12.1 Å². The van der Waals surface area contributed by atoms with E-state index in [0.717, 1.165) is 18.4 Å². The fraction of sp³-hybridized carbons (Fsp3) is 0.182. The van der Waals surface area contributed by atoms with Crippen LogP contribution in [0.15, 0.2) is 23.1 Å². The van der Waals surface area contributed by atoms with E-state index in [1.54, 1.807) is 5.32 Å². The predicted molar refractivity (Wildman–Crippen MR) is 74.2 cm³/mol. The van der Waals surface area contributed by atoms with E-state index >= 15 is 0 Å². The number of esters is 1. The summed E-state index contributed by atoms with van der Waals surface area (Å²) in [6.07, 6.45) is 0.779. The lowest BCUT2D eigenvalue weighted by Crippen LogP contribution is -2.37. The average Bonchev–Trinajstić information content (AvgIpc) is 2.42. The molecule has 0 aliphatic carbocycles. The van der Waals surface area contributed by atoms with Gasteiger partial charge < -0.3 is 10.5 Å². The third-order valence-electron chi connectivity index (χ3n) is 2.39. The first kappa shape index (κ1) is 18.0. The zero-order valence-electron chi connectivity index (χ0n) is 11.6. The molecule has 12 heteroatoms. The van der Waals surface area contributed by atoms with Gasteiger partial charge in [-0.25, -0.2) is 18.0 Å². The fourth-order valence-corrected chi connectivity index (χ4v) is 2.32. The Balaban J connectivity index is 2.99. The van der Waals surface area contributed by atoms with Crippen LogP contribution >= 0.6 is 0 Å². The summed E-state index contributed by atoms with van der Waals surface area (Å²) < 4.78 is 27.4. The quantitative estimate of drug-likeness (QED) is 0.402. The van der Waals surface area contributed by atoms with Gasteiger partial charge in [0.15, 0.2) is 16.4 Å². The molecule has 0 aromatic heterocycles. The summed E-state index contributed by atoms with van der Waals surface area (Å²) in [5.41, 5.74) is 3.54. The van der Waals surface area contributed by atoms with Crippen molar-refractivity contribution in [2.45, 2.75) is 4.90 Å². The lowest BCUT2D eigenvalue weighted by molar-refractivity contribution is -0.387. The number of amides is 3. The van der Waals surface area contributed by atoms with Crippen molar-refractivity contribution in [2.24, 2.45) is 5.73 Å². The molecule has 0 spiro atoms. The number of ether oxygens (including phenoxy) is 1. The van der Waals surface area contributed by atoms with Crippen LogP contribution < -0.4 is 11.1 Å². The Morgan fingerprint density at radius 1 is 1.35 bits per heavy atom. The average molecular weight is 345 g/mol. The van der Waals surface area contributed by atoms with E-state index in [1.165, 1.54) is 0 Å². The Morgan fingerprint density at radius 2 is 1.96 bits per heavy atom. The third kappa shape index (κ3) is 5.03. The number of carbonyl (C=O) groups is 3. The van der Waals surface area contributed by atoms with Gasteiger partial charge >= 0.3 is 12.0 Å². The molecule has 1 rings (SSSR count). The Kier molecular flexibility index (Phi) is 5.35. The molecule has 23 heavy (non-hydrogen) atoms. The number of nitro benzene ring substituents is 1. The Hall–Kier alpha value is -3.02. The molecule has 124 valence electrons. The molecule has 0 unspecified atom stereocenters. The SMILES string of the molecule is CS(=O)(=O)c1ccc(C(=O)OCC(=O)NC(N)=O)cc1[N+](=O)[O-]. The minimum absolute atomic E-state index is 0.337. The second kappa shape index (κ2) is 6.83.